The summed E-state index contributed by atoms with van der Waals surface area (Å²) in [6.45, 7) is 3.95. The van der Waals surface area contributed by atoms with Gasteiger partial charge in [-0.1, -0.05) is 23.7 Å². The Morgan fingerprint density at radius 3 is 2.56 bits per heavy atom. The molecule has 2 bridgehead atoms. The molecule has 3 heterocycles. The molecule has 0 aliphatic carbocycles. The summed E-state index contributed by atoms with van der Waals surface area (Å²) in [7, 11) is 1.55. The van der Waals surface area contributed by atoms with Gasteiger partial charge >= 0.3 is 0 Å². The highest BCUT2D eigenvalue weighted by molar-refractivity contribution is 9.10. The zero-order valence-electron chi connectivity index (χ0n) is 23.7. The van der Waals surface area contributed by atoms with Crippen LogP contribution in [0.3, 0.4) is 0 Å². The van der Waals surface area contributed by atoms with Crippen LogP contribution in [0.5, 0.6) is 5.75 Å². The molecule has 8 nitrogen and oxygen atoms in total. The fourth-order valence-corrected chi connectivity index (χ4v) is 6.66. The fourth-order valence-electron chi connectivity index (χ4n) is 6.06. The van der Waals surface area contributed by atoms with Crippen LogP contribution in [0.4, 0.5) is 17.1 Å². The number of methoxy groups -OCH3 is 1. The Hall–Kier alpha value is -4.08. The standard InChI is InChI=1S/C33H30BrClN4O4/c1-19-6-8-23(35)14-27(19)36-32(41)21-7-11-30(28(13-21)37-33(42)25-15-24(43-2)9-10-26(25)34)38-16-20-12-22(18-38)29-4-3-5-31(40)39(29)17-20/h3-11,13-15,20,22H,12,16-18H2,1-2H3,(H,36,41)(H,37,42)/t20-,22+/m1/s1. The molecule has 1 fully saturated rings. The van der Waals surface area contributed by atoms with Gasteiger partial charge in [0.1, 0.15) is 5.75 Å². The monoisotopic (exact) mass is 660 g/mol. The van der Waals surface area contributed by atoms with Gasteiger partial charge < -0.3 is 24.8 Å². The summed E-state index contributed by atoms with van der Waals surface area (Å²) < 4.78 is 7.85. The number of carbonyl (C=O) groups is 2. The number of nitrogens with zero attached hydrogens (tertiary/aromatic N) is 2. The third kappa shape index (κ3) is 5.92. The second-order valence-electron chi connectivity index (χ2n) is 11.0. The largest absolute Gasteiger partial charge is 0.497 e. The van der Waals surface area contributed by atoms with Gasteiger partial charge in [0.15, 0.2) is 0 Å². The summed E-state index contributed by atoms with van der Waals surface area (Å²) in [5, 5.41) is 6.53. The Bertz CT molecular complexity index is 1810. The fraction of sp³-hybridized carbons (Fsp3) is 0.242. The Morgan fingerprint density at radius 2 is 1.74 bits per heavy atom. The van der Waals surface area contributed by atoms with Crippen LogP contribution < -0.4 is 25.8 Å². The Balaban J connectivity index is 1.35. The van der Waals surface area contributed by atoms with Crippen LogP contribution >= 0.6 is 27.5 Å². The van der Waals surface area contributed by atoms with Crippen LogP contribution in [-0.2, 0) is 6.54 Å². The SMILES string of the molecule is COc1ccc(Br)c(C(=O)Nc2cc(C(=O)Nc3cc(Cl)ccc3C)ccc2N2C[C@H]3C[C@@H](C2)c2cccc(=O)n2C3)c1. The van der Waals surface area contributed by atoms with Gasteiger partial charge in [-0.15, -0.1) is 0 Å². The van der Waals surface area contributed by atoms with Crippen LogP contribution in [0.2, 0.25) is 5.02 Å². The van der Waals surface area contributed by atoms with Gasteiger partial charge in [-0.3, -0.25) is 14.4 Å². The van der Waals surface area contributed by atoms with Crippen LogP contribution in [-0.4, -0.2) is 36.6 Å². The van der Waals surface area contributed by atoms with Crippen molar-refractivity contribution in [3.63, 3.8) is 0 Å². The number of rotatable bonds is 6. The normalized spacial score (nSPS) is 17.2. The smallest absolute Gasteiger partial charge is 0.257 e. The maximum atomic E-state index is 13.6. The molecule has 1 saturated heterocycles. The highest BCUT2D eigenvalue weighted by Gasteiger charge is 2.35. The Labute approximate surface area is 262 Å². The maximum Gasteiger partial charge on any atom is 0.257 e. The van der Waals surface area contributed by atoms with E-state index in [-0.39, 0.29) is 29.2 Å². The van der Waals surface area contributed by atoms with Gasteiger partial charge in [-0.05, 0) is 95.4 Å². The first-order chi connectivity index (χ1) is 20.7. The number of carbonyl (C=O) groups excluding carboxylic acids is 2. The lowest BCUT2D eigenvalue weighted by Crippen LogP contribution is -2.47. The number of amides is 2. The highest BCUT2D eigenvalue weighted by atomic mass is 79.9. The molecule has 0 radical (unpaired) electrons. The number of hydrogen-bond acceptors (Lipinski definition) is 5. The topological polar surface area (TPSA) is 92.7 Å². The van der Waals surface area contributed by atoms with Gasteiger partial charge in [-0.2, -0.15) is 0 Å². The van der Waals surface area contributed by atoms with Gasteiger partial charge in [0.05, 0.1) is 24.0 Å². The summed E-state index contributed by atoms with van der Waals surface area (Å²) >= 11 is 9.65. The van der Waals surface area contributed by atoms with Crippen LogP contribution in [0.15, 0.2) is 82.1 Å². The molecular weight excluding hydrogens is 632 g/mol. The molecule has 2 amide bonds. The quantitative estimate of drug-likeness (QED) is 0.240. The van der Waals surface area contributed by atoms with Crippen molar-refractivity contribution in [1.82, 2.24) is 4.57 Å². The zero-order valence-corrected chi connectivity index (χ0v) is 26.0. The number of aromatic nitrogens is 1. The van der Waals surface area contributed by atoms with E-state index in [0.29, 0.717) is 50.8 Å². The molecule has 3 aromatic carbocycles. The first kappa shape index (κ1) is 29.0. The number of hydrogen-bond donors (Lipinski definition) is 2. The third-order valence-electron chi connectivity index (χ3n) is 8.19. The van der Waals surface area contributed by atoms with E-state index in [2.05, 4.69) is 31.5 Å². The van der Waals surface area contributed by atoms with Gasteiger partial charge in [-0.25, -0.2) is 0 Å². The molecule has 1 aromatic heterocycles. The minimum absolute atomic E-state index is 0.0303. The van der Waals surface area contributed by atoms with Crippen molar-refractivity contribution in [1.29, 1.82) is 0 Å². The number of ether oxygens (including phenoxy) is 1. The second-order valence-corrected chi connectivity index (χ2v) is 12.3. The lowest BCUT2D eigenvalue weighted by molar-refractivity contribution is 0.101. The minimum atomic E-state index is -0.343. The van der Waals surface area contributed by atoms with E-state index in [1.807, 2.05) is 35.8 Å². The number of benzene rings is 3. The van der Waals surface area contributed by atoms with Crippen LogP contribution in [0.1, 0.15) is 44.3 Å². The lowest BCUT2D eigenvalue weighted by atomic mass is 9.83. The van der Waals surface area contributed by atoms with Crippen molar-refractivity contribution >= 4 is 56.4 Å². The van der Waals surface area contributed by atoms with Crippen molar-refractivity contribution in [2.75, 3.05) is 35.7 Å². The molecular formula is C33H30BrClN4O4. The molecule has 4 aromatic rings. The van der Waals surface area contributed by atoms with E-state index in [1.54, 1.807) is 55.6 Å². The molecule has 2 N–H and O–H groups in total. The molecule has 10 heteroatoms. The second kappa shape index (κ2) is 11.9. The predicted molar refractivity (Wildman–Crippen MR) is 173 cm³/mol. The lowest BCUT2D eigenvalue weighted by Gasteiger charge is -2.44. The maximum absolute atomic E-state index is 13.6. The van der Waals surface area contributed by atoms with Gasteiger partial charge in [0, 0.05) is 58.1 Å². The molecule has 0 saturated carbocycles. The summed E-state index contributed by atoms with van der Waals surface area (Å²) in [5.74, 6) is 0.335. The number of nitrogens with one attached hydrogen (secondary N) is 2. The number of pyridine rings is 1. The number of anilines is 3. The molecule has 0 spiro atoms. The molecule has 2 aliphatic heterocycles. The van der Waals surface area contributed by atoms with E-state index >= 15 is 0 Å². The summed E-state index contributed by atoms with van der Waals surface area (Å²) in [5.41, 5.74) is 4.67. The van der Waals surface area contributed by atoms with Crippen molar-refractivity contribution in [3.05, 3.63) is 115 Å². The highest BCUT2D eigenvalue weighted by Crippen LogP contribution is 2.40. The summed E-state index contributed by atoms with van der Waals surface area (Å²) in [4.78, 5) is 41.8. The van der Waals surface area contributed by atoms with Crippen molar-refractivity contribution in [2.45, 2.75) is 25.8 Å². The first-order valence-corrected chi connectivity index (χ1v) is 15.2. The molecule has 43 heavy (non-hydrogen) atoms. The molecule has 220 valence electrons. The van der Waals surface area contributed by atoms with E-state index in [1.165, 1.54) is 0 Å². The van der Waals surface area contributed by atoms with Crippen LogP contribution in [0.25, 0.3) is 0 Å². The molecule has 6 rings (SSSR count). The number of fused-ring (bicyclic) bond motifs is 4. The Morgan fingerprint density at radius 1 is 0.930 bits per heavy atom. The predicted octanol–water partition coefficient (Wildman–Crippen LogP) is 6.71. The average Bonchev–Trinajstić information content (AvgIpc) is 2.99. The zero-order chi connectivity index (χ0) is 30.2. The van der Waals surface area contributed by atoms with Crippen molar-refractivity contribution in [3.8, 4) is 5.75 Å². The minimum Gasteiger partial charge on any atom is -0.497 e. The summed E-state index contributed by atoms with van der Waals surface area (Å²) in [6.07, 6.45) is 0.998. The van der Waals surface area contributed by atoms with Crippen molar-refractivity contribution < 1.29 is 14.3 Å². The van der Waals surface area contributed by atoms with E-state index < -0.39 is 0 Å². The van der Waals surface area contributed by atoms with Crippen molar-refractivity contribution in [2.24, 2.45) is 5.92 Å². The van der Waals surface area contributed by atoms with E-state index in [9.17, 15) is 14.4 Å². The average molecular weight is 662 g/mol. The van der Waals surface area contributed by atoms with Gasteiger partial charge in [0.2, 0.25) is 0 Å². The van der Waals surface area contributed by atoms with Gasteiger partial charge in [0.25, 0.3) is 17.4 Å². The number of piperidine rings is 1. The number of halogens is 2. The van der Waals surface area contributed by atoms with Crippen LogP contribution in [0, 0.1) is 12.8 Å². The molecule has 2 atom stereocenters. The molecule has 0 unspecified atom stereocenters. The first-order valence-electron chi connectivity index (χ1n) is 14.0. The van der Waals surface area contributed by atoms with E-state index in [4.69, 9.17) is 16.3 Å². The summed E-state index contributed by atoms with van der Waals surface area (Å²) in [6, 6.07) is 21.3. The molecule has 2 aliphatic rings. The number of aryl methyl sites for hydroxylation is 1. The Kier molecular flexibility index (Phi) is 8.03. The van der Waals surface area contributed by atoms with E-state index in [0.717, 1.165) is 29.9 Å². The third-order valence-corrected chi connectivity index (χ3v) is 9.12.